The van der Waals surface area contributed by atoms with Gasteiger partial charge in [0, 0.05) is 13.2 Å². The molecule has 0 aliphatic heterocycles. The van der Waals surface area contributed by atoms with Gasteiger partial charge in [0.25, 0.3) is 0 Å². The zero-order valence-electron chi connectivity index (χ0n) is 6.11. The van der Waals surface area contributed by atoms with Crippen molar-refractivity contribution >= 4 is 0 Å². The molecule has 0 aliphatic rings. The number of hydrogen-bond acceptors (Lipinski definition) is 1. The Kier molecular flexibility index (Phi) is 10.4. The van der Waals surface area contributed by atoms with Crippen LogP contribution in [0, 0.1) is 5.92 Å². The molecule has 58 valence electrons. The lowest BCUT2D eigenvalue weighted by molar-refractivity contribution is 0.110. The van der Waals surface area contributed by atoms with Gasteiger partial charge in [0.05, 0.1) is 0 Å². The van der Waals surface area contributed by atoms with E-state index in [2.05, 4.69) is 20.8 Å². The number of rotatable bonds is 4. The van der Waals surface area contributed by atoms with Crippen LogP contribution in [0.2, 0.25) is 0 Å². The van der Waals surface area contributed by atoms with Gasteiger partial charge >= 0.3 is 0 Å². The monoisotopic (exact) mass is 132 g/mol. The maximum Gasteiger partial charge on any atom is 0.0488 e. The standard InChI is InChI=1S/C7H16O.CH4/c1-4-5-8-6-7(2)3;/h7H,4-6H2,1-3H3;1H4. The maximum absolute atomic E-state index is 5.24. The third-order valence-corrected chi connectivity index (χ3v) is 0.800. The van der Waals surface area contributed by atoms with Crippen molar-refractivity contribution < 1.29 is 4.74 Å². The topological polar surface area (TPSA) is 9.23 Å². The summed E-state index contributed by atoms with van der Waals surface area (Å²) < 4.78 is 5.24. The Bertz CT molecular complexity index is 41.8. The molecule has 0 aromatic carbocycles. The average molecular weight is 132 g/mol. The molecule has 0 unspecified atom stereocenters. The lowest BCUT2D eigenvalue weighted by Crippen LogP contribution is -2.01. The minimum Gasteiger partial charge on any atom is -0.381 e. The van der Waals surface area contributed by atoms with Crippen LogP contribution in [0.15, 0.2) is 0 Å². The zero-order valence-corrected chi connectivity index (χ0v) is 6.11. The SMILES string of the molecule is C.CCCOCC(C)C. The van der Waals surface area contributed by atoms with Gasteiger partial charge in [-0.15, -0.1) is 0 Å². The van der Waals surface area contributed by atoms with Crippen LogP contribution in [0.25, 0.3) is 0 Å². The summed E-state index contributed by atoms with van der Waals surface area (Å²) in [6, 6.07) is 0. The Morgan fingerprint density at radius 2 is 1.89 bits per heavy atom. The Balaban J connectivity index is 0. The largest absolute Gasteiger partial charge is 0.381 e. The summed E-state index contributed by atoms with van der Waals surface area (Å²) >= 11 is 0. The molecule has 9 heavy (non-hydrogen) atoms. The van der Waals surface area contributed by atoms with Crippen LogP contribution in [0.4, 0.5) is 0 Å². The third kappa shape index (κ3) is 11.5. The summed E-state index contributed by atoms with van der Waals surface area (Å²) in [5.41, 5.74) is 0. The summed E-state index contributed by atoms with van der Waals surface area (Å²) in [7, 11) is 0. The third-order valence-electron chi connectivity index (χ3n) is 0.800. The normalized spacial score (nSPS) is 9.33. The minimum atomic E-state index is 0. The van der Waals surface area contributed by atoms with E-state index in [1.54, 1.807) is 0 Å². The highest BCUT2D eigenvalue weighted by molar-refractivity contribution is 4.38. The van der Waals surface area contributed by atoms with Crippen molar-refractivity contribution in [1.29, 1.82) is 0 Å². The summed E-state index contributed by atoms with van der Waals surface area (Å²) in [6.07, 6.45) is 1.13. The van der Waals surface area contributed by atoms with Gasteiger partial charge in [-0.1, -0.05) is 28.2 Å². The van der Waals surface area contributed by atoms with Crippen LogP contribution in [0.3, 0.4) is 0 Å². The highest BCUT2D eigenvalue weighted by Gasteiger charge is 1.89. The zero-order chi connectivity index (χ0) is 6.41. The Morgan fingerprint density at radius 3 is 2.22 bits per heavy atom. The van der Waals surface area contributed by atoms with Crippen LogP contribution in [-0.4, -0.2) is 13.2 Å². The Hall–Kier alpha value is -0.0400. The molecule has 0 aromatic heterocycles. The second-order valence-corrected chi connectivity index (χ2v) is 2.47. The highest BCUT2D eigenvalue weighted by atomic mass is 16.5. The fourth-order valence-electron chi connectivity index (χ4n) is 0.463. The van der Waals surface area contributed by atoms with Gasteiger partial charge in [0.15, 0.2) is 0 Å². The van der Waals surface area contributed by atoms with E-state index in [0.717, 1.165) is 19.6 Å². The van der Waals surface area contributed by atoms with E-state index < -0.39 is 0 Å². The van der Waals surface area contributed by atoms with Gasteiger partial charge in [-0.05, 0) is 12.3 Å². The molecule has 1 heteroatoms. The first-order chi connectivity index (χ1) is 3.77. The molecule has 0 saturated carbocycles. The predicted molar refractivity (Wildman–Crippen MR) is 42.7 cm³/mol. The molecule has 0 fully saturated rings. The molecular formula is C8H20O. The average Bonchev–Trinajstić information content (AvgIpc) is 1.66. The Morgan fingerprint density at radius 1 is 1.33 bits per heavy atom. The van der Waals surface area contributed by atoms with Gasteiger partial charge in [0.1, 0.15) is 0 Å². The molecule has 1 nitrogen and oxygen atoms in total. The van der Waals surface area contributed by atoms with Crippen molar-refractivity contribution in [2.45, 2.75) is 34.6 Å². The number of hydrogen-bond donors (Lipinski definition) is 0. The molecule has 0 aromatic rings. The van der Waals surface area contributed by atoms with Crippen molar-refractivity contribution in [3.8, 4) is 0 Å². The number of ether oxygens (including phenoxy) is 1. The van der Waals surface area contributed by atoms with Crippen molar-refractivity contribution in [3.05, 3.63) is 0 Å². The second-order valence-electron chi connectivity index (χ2n) is 2.47. The molecule has 0 radical (unpaired) electrons. The fraction of sp³-hybridized carbons (Fsp3) is 1.00. The second kappa shape index (κ2) is 7.96. The van der Waals surface area contributed by atoms with E-state index in [-0.39, 0.29) is 7.43 Å². The van der Waals surface area contributed by atoms with Crippen LogP contribution >= 0.6 is 0 Å². The van der Waals surface area contributed by atoms with Gasteiger partial charge in [-0.3, -0.25) is 0 Å². The molecule has 0 aliphatic carbocycles. The molecule has 0 heterocycles. The minimum absolute atomic E-state index is 0. The fourth-order valence-corrected chi connectivity index (χ4v) is 0.463. The first kappa shape index (κ1) is 11.7. The lowest BCUT2D eigenvalue weighted by atomic mass is 10.2. The van der Waals surface area contributed by atoms with Crippen LogP contribution < -0.4 is 0 Å². The molecule has 0 spiro atoms. The van der Waals surface area contributed by atoms with Gasteiger partial charge in [-0.2, -0.15) is 0 Å². The first-order valence-corrected chi connectivity index (χ1v) is 3.35. The van der Waals surface area contributed by atoms with Crippen LogP contribution in [0.1, 0.15) is 34.6 Å². The highest BCUT2D eigenvalue weighted by Crippen LogP contribution is 1.92. The van der Waals surface area contributed by atoms with E-state index in [0.29, 0.717) is 5.92 Å². The summed E-state index contributed by atoms with van der Waals surface area (Å²) in [6.45, 7) is 8.28. The van der Waals surface area contributed by atoms with Crippen molar-refractivity contribution in [1.82, 2.24) is 0 Å². The van der Waals surface area contributed by atoms with Gasteiger partial charge in [-0.25, -0.2) is 0 Å². The molecule has 0 bridgehead atoms. The van der Waals surface area contributed by atoms with Crippen molar-refractivity contribution in [2.75, 3.05) is 13.2 Å². The van der Waals surface area contributed by atoms with E-state index in [1.807, 2.05) is 0 Å². The van der Waals surface area contributed by atoms with E-state index in [9.17, 15) is 0 Å². The summed E-state index contributed by atoms with van der Waals surface area (Å²) in [5, 5.41) is 0. The van der Waals surface area contributed by atoms with Crippen LogP contribution in [0.5, 0.6) is 0 Å². The van der Waals surface area contributed by atoms with Crippen molar-refractivity contribution in [2.24, 2.45) is 5.92 Å². The quantitative estimate of drug-likeness (QED) is 0.534. The molecule has 0 saturated heterocycles. The van der Waals surface area contributed by atoms with Crippen LogP contribution in [-0.2, 0) is 4.74 Å². The molecule has 0 N–H and O–H groups in total. The van der Waals surface area contributed by atoms with E-state index in [1.165, 1.54) is 0 Å². The first-order valence-electron chi connectivity index (χ1n) is 3.35. The van der Waals surface area contributed by atoms with E-state index >= 15 is 0 Å². The lowest BCUT2D eigenvalue weighted by Gasteiger charge is -2.03. The van der Waals surface area contributed by atoms with E-state index in [4.69, 9.17) is 4.74 Å². The summed E-state index contributed by atoms with van der Waals surface area (Å²) in [5.74, 6) is 0.682. The van der Waals surface area contributed by atoms with Gasteiger partial charge < -0.3 is 4.74 Å². The molecule has 0 rings (SSSR count). The van der Waals surface area contributed by atoms with Crippen molar-refractivity contribution in [3.63, 3.8) is 0 Å². The molecular weight excluding hydrogens is 112 g/mol. The molecule has 0 amide bonds. The maximum atomic E-state index is 5.24. The predicted octanol–water partition coefficient (Wildman–Crippen LogP) is 2.71. The summed E-state index contributed by atoms with van der Waals surface area (Å²) in [4.78, 5) is 0. The smallest absolute Gasteiger partial charge is 0.0488 e. The Labute approximate surface area is 59.4 Å². The van der Waals surface area contributed by atoms with Gasteiger partial charge in [0.2, 0.25) is 0 Å². The molecule has 0 atom stereocenters.